The molecule has 1 saturated heterocycles. The summed E-state index contributed by atoms with van der Waals surface area (Å²) in [6.45, 7) is 3.47. The first-order chi connectivity index (χ1) is 14.0. The van der Waals surface area contributed by atoms with Crippen molar-refractivity contribution in [2.45, 2.75) is 13.0 Å². The van der Waals surface area contributed by atoms with Crippen LogP contribution in [0.15, 0.2) is 53.3 Å². The van der Waals surface area contributed by atoms with Gasteiger partial charge in [0.2, 0.25) is 5.91 Å². The molecule has 8 heteroatoms. The van der Waals surface area contributed by atoms with Crippen molar-refractivity contribution in [3.05, 3.63) is 63.9 Å². The van der Waals surface area contributed by atoms with Crippen LogP contribution in [0.1, 0.15) is 6.42 Å². The molecule has 30 heavy (non-hydrogen) atoms. The van der Waals surface area contributed by atoms with Crippen molar-refractivity contribution >= 4 is 45.3 Å². The van der Waals surface area contributed by atoms with Crippen LogP contribution < -0.4 is 5.56 Å². The quantitative estimate of drug-likeness (QED) is 0.561. The van der Waals surface area contributed by atoms with Crippen molar-refractivity contribution in [3.63, 3.8) is 0 Å². The number of carbonyl (C=O) groups is 1. The van der Waals surface area contributed by atoms with Gasteiger partial charge in [-0.1, -0.05) is 41.9 Å². The summed E-state index contributed by atoms with van der Waals surface area (Å²) in [5, 5.41) is 6.64. The van der Waals surface area contributed by atoms with E-state index < -0.39 is 0 Å². The molecule has 0 radical (unpaired) electrons. The van der Waals surface area contributed by atoms with Crippen LogP contribution in [-0.4, -0.2) is 58.7 Å². The molecular formula is C22H24BrClN4O2. The maximum Gasteiger partial charge on any atom is 0.274 e. The van der Waals surface area contributed by atoms with E-state index in [1.807, 2.05) is 35.2 Å². The smallest absolute Gasteiger partial charge is 0.274 e. The van der Waals surface area contributed by atoms with Crippen LogP contribution in [0.4, 0.5) is 0 Å². The lowest BCUT2D eigenvalue weighted by atomic mass is 10.1. The van der Waals surface area contributed by atoms with Gasteiger partial charge in [0, 0.05) is 48.6 Å². The second-order valence-electron chi connectivity index (χ2n) is 7.36. The van der Waals surface area contributed by atoms with Gasteiger partial charge >= 0.3 is 0 Å². The molecule has 3 aromatic rings. The number of aryl methyl sites for hydroxylation is 1. The number of carbonyl (C=O) groups excluding carboxylic acids is 1. The van der Waals surface area contributed by atoms with Crippen molar-refractivity contribution in [2.75, 3.05) is 33.2 Å². The minimum Gasteiger partial charge on any atom is -0.340 e. The number of fused-ring (bicyclic) bond motifs is 1. The number of amides is 1. The number of aromatic nitrogens is 2. The van der Waals surface area contributed by atoms with Crippen LogP contribution in [0.25, 0.3) is 22.0 Å². The first-order valence-corrected chi connectivity index (χ1v) is 10.1. The van der Waals surface area contributed by atoms with Gasteiger partial charge in [-0.3, -0.25) is 9.59 Å². The molecular weight excluding hydrogens is 468 g/mol. The Morgan fingerprint density at radius 1 is 1.00 bits per heavy atom. The van der Waals surface area contributed by atoms with Crippen molar-refractivity contribution in [1.29, 1.82) is 0 Å². The fourth-order valence-corrected chi connectivity index (χ4v) is 3.75. The first kappa shape index (κ1) is 22.5. The third-order valence-electron chi connectivity index (χ3n) is 5.38. The maximum atomic E-state index is 12.9. The number of benzene rings is 2. The number of hydrogen-bond donors (Lipinski definition) is 0. The van der Waals surface area contributed by atoms with Crippen molar-refractivity contribution < 1.29 is 4.79 Å². The van der Waals surface area contributed by atoms with Crippen LogP contribution in [0.2, 0.25) is 5.02 Å². The molecule has 158 valence electrons. The Morgan fingerprint density at radius 3 is 2.30 bits per heavy atom. The zero-order chi connectivity index (χ0) is 20.4. The van der Waals surface area contributed by atoms with E-state index >= 15 is 0 Å². The summed E-state index contributed by atoms with van der Waals surface area (Å²) in [5.41, 5.74) is 1.41. The average Bonchev–Trinajstić information content (AvgIpc) is 2.74. The van der Waals surface area contributed by atoms with Crippen molar-refractivity contribution in [2.24, 2.45) is 0 Å². The van der Waals surface area contributed by atoms with Gasteiger partial charge in [0.25, 0.3) is 5.56 Å². The normalized spacial score (nSPS) is 14.5. The van der Waals surface area contributed by atoms with E-state index in [9.17, 15) is 9.59 Å². The first-order valence-electron chi connectivity index (χ1n) is 9.75. The molecule has 2 heterocycles. The number of halogens is 2. The molecule has 0 spiro atoms. The lowest BCUT2D eigenvalue weighted by Crippen LogP contribution is -2.47. The molecule has 1 aromatic heterocycles. The third kappa shape index (κ3) is 4.74. The molecule has 1 aliphatic heterocycles. The van der Waals surface area contributed by atoms with Crippen LogP contribution in [0.3, 0.4) is 0 Å². The zero-order valence-corrected chi connectivity index (χ0v) is 19.2. The molecule has 6 nitrogen and oxygen atoms in total. The largest absolute Gasteiger partial charge is 0.340 e. The number of piperazine rings is 1. The highest BCUT2D eigenvalue weighted by Crippen LogP contribution is 2.25. The summed E-state index contributed by atoms with van der Waals surface area (Å²) < 4.78 is 1.42. The minimum absolute atomic E-state index is 0. The van der Waals surface area contributed by atoms with Gasteiger partial charge in [0.05, 0.1) is 17.6 Å². The molecule has 1 amide bonds. The summed E-state index contributed by atoms with van der Waals surface area (Å²) in [4.78, 5) is 29.6. The Bertz CT molecular complexity index is 1090. The lowest BCUT2D eigenvalue weighted by Gasteiger charge is -2.32. The molecule has 2 aromatic carbocycles. The van der Waals surface area contributed by atoms with Crippen LogP contribution in [0.5, 0.6) is 0 Å². The zero-order valence-electron chi connectivity index (χ0n) is 16.8. The van der Waals surface area contributed by atoms with Crippen molar-refractivity contribution in [1.82, 2.24) is 19.6 Å². The number of hydrogen-bond acceptors (Lipinski definition) is 4. The monoisotopic (exact) mass is 490 g/mol. The predicted molar refractivity (Wildman–Crippen MR) is 125 cm³/mol. The molecule has 0 unspecified atom stereocenters. The fraction of sp³-hybridized carbons (Fsp3) is 0.318. The maximum absolute atomic E-state index is 12.9. The Morgan fingerprint density at radius 2 is 1.63 bits per heavy atom. The summed E-state index contributed by atoms with van der Waals surface area (Å²) in [7, 11) is 2.05. The highest BCUT2D eigenvalue weighted by Gasteiger charge is 2.19. The number of nitrogens with zero attached hydrogens (tertiary/aromatic N) is 4. The van der Waals surface area contributed by atoms with E-state index in [-0.39, 0.29) is 41.4 Å². The topological polar surface area (TPSA) is 58.4 Å². The standard InChI is InChI=1S/C22H23ClN4O2.BrH/c1-25-12-14-26(15-13-25)20(28)10-11-27-22(29)19-5-3-2-4-18(19)21(24-27)16-6-8-17(23)9-7-16;/h2-9H,10-15H2,1H3;1H. The van der Waals surface area contributed by atoms with Crippen LogP contribution >= 0.6 is 28.6 Å². The lowest BCUT2D eigenvalue weighted by molar-refractivity contribution is -0.133. The second-order valence-corrected chi connectivity index (χ2v) is 7.80. The van der Waals surface area contributed by atoms with Crippen molar-refractivity contribution in [3.8, 4) is 11.3 Å². The molecule has 1 fully saturated rings. The van der Waals surface area contributed by atoms with Gasteiger partial charge < -0.3 is 9.80 Å². The molecule has 0 aliphatic carbocycles. The highest BCUT2D eigenvalue weighted by molar-refractivity contribution is 8.93. The molecule has 1 aliphatic rings. The minimum atomic E-state index is -0.176. The van der Waals surface area contributed by atoms with Crippen LogP contribution in [0, 0.1) is 0 Å². The van der Waals surface area contributed by atoms with Gasteiger partial charge in [-0.25, -0.2) is 4.68 Å². The summed E-state index contributed by atoms with van der Waals surface area (Å²) in [6.07, 6.45) is 0.259. The van der Waals surface area contributed by atoms with E-state index in [1.165, 1.54) is 4.68 Å². The van der Waals surface area contributed by atoms with E-state index in [2.05, 4.69) is 17.0 Å². The number of rotatable bonds is 4. The Kier molecular flexibility index (Phi) is 7.28. The Hall–Kier alpha value is -2.22. The molecule has 0 saturated carbocycles. The van der Waals surface area contributed by atoms with Gasteiger partial charge in [0.15, 0.2) is 0 Å². The molecule has 0 bridgehead atoms. The van der Waals surface area contributed by atoms with Gasteiger partial charge in [-0.2, -0.15) is 5.10 Å². The summed E-state index contributed by atoms with van der Waals surface area (Å²) >= 11 is 6.02. The highest BCUT2D eigenvalue weighted by atomic mass is 79.9. The summed E-state index contributed by atoms with van der Waals surface area (Å²) in [6, 6.07) is 14.8. The van der Waals surface area contributed by atoms with E-state index in [4.69, 9.17) is 11.6 Å². The van der Waals surface area contributed by atoms with Gasteiger partial charge in [0.1, 0.15) is 0 Å². The van der Waals surface area contributed by atoms with Gasteiger partial charge in [-0.05, 0) is 25.2 Å². The average molecular weight is 492 g/mol. The Balaban J connectivity index is 0.00000256. The predicted octanol–water partition coefficient (Wildman–Crippen LogP) is 3.46. The third-order valence-corrected chi connectivity index (χ3v) is 5.63. The molecule has 4 rings (SSSR count). The second kappa shape index (κ2) is 9.73. The van der Waals surface area contributed by atoms with E-state index in [1.54, 1.807) is 18.2 Å². The molecule has 0 N–H and O–H groups in total. The van der Waals surface area contributed by atoms with E-state index in [0.29, 0.717) is 16.1 Å². The fourth-order valence-electron chi connectivity index (χ4n) is 3.62. The molecule has 0 atom stereocenters. The summed E-state index contributed by atoms with van der Waals surface area (Å²) in [5.74, 6) is 0.0630. The van der Waals surface area contributed by atoms with Gasteiger partial charge in [-0.15, -0.1) is 17.0 Å². The van der Waals surface area contributed by atoms with Crippen LogP contribution in [-0.2, 0) is 11.3 Å². The number of likely N-dealkylation sites (N-methyl/N-ethyl adjacent to an activating group) is 1. The Labute approximate surface area is 190 Å². The van der Waals surface area contributed by atoms with E-state index in [0.717, 1.165) is 37.1 Å². The SMILES string of the molecule is Br.CN1CCN(C(=O)CCn2nc(-c3ccc(Cl)cc3)c3ccccc3c2=O)CC1.